The van der Waals surface area contributed by atoms with Crippen LogP contribution in [0.1, 0.15) is 25.8 Å². The van der Waals surface area contributed by atoms with Gasteiger partial charge in [0.15, 0.2) is 0 Å². The van der Waals surface area contributed by atoms with E-state index in [-0.39, 0.29) is 5.91 Å². The quantitative estimate of drug-likeness (QED) is 0.843. The second-order valence-corrected chi connectivity index (χ2v) is 3.93. The normalized spacial score (nSPS) is 12.2. The van der Waals surface area contributed by atoms with Crippen LogP contribution in [-0.2, 0) is 11.2 Å². The molecule has 1 rings (SSSR count). The fraction of sp³-hybridized carbons (Fsp3) is 0.462. The highest BCUT2D eigenvalue weighted by Gasteiger charge is 2.16. The number of hydrogen-bond acceptors (Lipinski definition) is 2. The Labute approximate surface area is 97.2 Å². The lowest BCUT2D eigenvalue weighted by Gasteiger charge is -2.20. The Balaban J connectivity index is 2.79. The number of benzene rings is 1. The average molecular weight is 220 g/mol. The molecule has 0 spiro atoms. The van der Waals surface area contributed by atoms with Gasteiger partial charge in [-0.05, 0) is 30.5 Å². The van der Waals surface area contributed by atoms with E-state index < -0.39 is 6.04 Å². The van der Waals surface area contributed by atoms with E-state index >= 15 is 0 Å². The lowest BCUT2D eigenvalue weighted by Crippen LogP contribution is -2.41. The number of carbonyl (C=O) groups excluding carboxylic acids is 1. The van der Waals surface area contributed by atoms with Crippen molar-refractivity contribution in [3.8, 4) is 0 Å². The van der Waals surface area contributed by atoms with Gasteiger partial charge in [-0.1, -0.05) is 26.0 Å². The van der Waals surface area contributed by atoms with Gasteiger partial charge in [0.2, 0.25) is 5.91 Å². The number of anilines is 1. The molecule has 0 aliphatic rings. The minimum atomic E-state index is -0.407. The highest BCUT2D eigenvalue weighted by molar-refractivity contribution is 5.96. The van der Waals surface area contributed by atoms with Crippen molar-refractivity contribution in [3.05, 3.63) is 29.8 Å². The highest BCUT2D eigenvalue weighted by Crippen LogP contribution is 2.15. The van der Waals surface area contributed by atoms with Crippen molar-refractivity contribution in [2.24, 2.45) is 5.73 Å². The third-order valence-electron chi connectivity index (χ3n) is 2.82. The number of nitrogens with zero attached hydrogens (tertiary/aromatic N) is 1. The number of rotatable bonds is 4. The molecule has 1 atom stereocenters. The van der Waals surface area contributed by atoms with E-state index in [1.807, 2.05) is 31.2 Å². The Morgan fingerprint density at radius 2 is 1.88 bits per heavy atom. The van der Waals surface area contributed by atoms with Crippen LogP contribution in [0.5, 0.6) is 0 Å². The lowest BCUT2D eigenvalue weighted by molar-refractivity contribution is -0.119. The largest absolute Gasteiger partial charge is 0.320 e. The Morgan fingerprint density at radius 3 is 2.31 bits per heavy atom. The summed E-state index contributed by atoms with van der Waals surface area (Å²) >= 11 is 0. The van der Waals surface area contributed by atoms with Crippen LogP contribution in [0.15, 0.2) is 24.3 Å². The van der Waals surface area contributed by atoms with Crippen molar-refractivity contribution in [1.82, 2.24) is 0 Å². The van der Waals surface area contributed by atoms with E-state index in [2.05, 4.69) is 6.92 Å². The predicted molar refractivity (Wildman–Crippen MR) is 67.5 cm³/mol. The fourth-order valence-corrected chi connectivity index (χ4v) is 1.51. The fourth-order valence-electron chi connectivity index (χ4n) is 1.51. The molecule has 88 valence electrons. The monoisotopic (exact) mass is 220 g/mol. The zero-order valence-electron chi connectivity index (χ0n) is 10.2. The molecule has 1 amide bonds. The van der Waals surface area contributed by atoms with Gasteiger partial charge in [-0.15, -0.1) is 0 Å². The summed E-state index contributed by atoms with van der Waals surface area (Å²) in [7, 11) is 1.76. The Kier molecular flexibility index (Phi) is 4.50. The maximum Gasteiger partial charge on any atom is 0.243 e. The zero-order chi connectivity index (χ0) is 12.1. The second kappa shape index (κ2) is 5.66. The van der Waals surface area contributed by atoms with E-state index in [1.165, 1.54) is 5.56 Å². The SMILES string of the molecule is CCc1ccc(N(C)C(=O)[C@H](N)CC)cc1. The molecule has 0 aliphatic carbocycles. The number of likely N-dealkylation sites (N-methyl/N-ethyl adjacent to an activating group) is 1. The van der Waals surface area contributed by atoms with Crippen molar-refractivity contribution in [2.75, 3.05) is 11.9 Å². The molecule has 3 heteroatoms. The average Bonchev–Trinajstić information content (AvgIpc) is 2.36. The van der Waals surface area contributed by atoms with Gasteiger partial charge in [0.1, 0.15) is 0 Å². The van der Waals surface area contributed by atoms with E-state index in [9.17, 15) is 4.79 Å². The lowest BCUT2D eigenvalue weighted by atomic mass is 10.1. The molecule has 2 N–H and O–H groups in total. The molecule has 0 unspecified atom stereocenters. The van der Waals surface area contributed by atoms with Crippen molar-refractivity contribution in [2.45, 2.75) is 32.7 Å². The molecule has 0 aliphatic heterocycles. The van der Waals surface area contributed by atoms with Gasteiger partial charge in [0.05, 0.1) is 6.04 Å². The topological polar surface area (TPSA) is 46.3 Å². The van der Waals surface area contributed by atoms with Crippen molar-refractivity contribution in [1.29, 1.82) is 0 Å². The minimum Gasteiger partial charge on any atom is -0.320 e. The van der Waals surface area contributed by atoms with Gasteiger partial charge < -0.3 is 10.6 Å². The molecule has 3 nitrogen and oxygen atoms in total. The molecule has 0 saturated heterocycles. The molecule has 0 radical (unpaired) electrons. The number of amides is 1. The molecule has 0 fully saturated rings. The first-order valence-corrected chi connectivity index (χ1v) is 5.72. The van der Waals surface area contributed by atoms with E-state index in [0.717, 1.165) is 12.1 Å². The van der Waals surface area contributed by atoms with Gasteiger partial charge in [0, 0.05) is 12.7 Å². The summed E-state index contributed by atoms with van der Waals surface area (Å²) in [5.41, 5.74) is 7.88. The Morgan fingerprint density at radius 1 is 1.31 bits per heavy atom. The van der Waals surface area contributed by atoms with E-state index in [0.29, 0.717) is 6.42 Å². The standard InChI is InChI=1S/C13H20N2O/c1-4-10-6-8-11(9-7-10)15(3)13(16)12(14)5-2/h6-9,12H,4-5,14H2,1-3H3/t12-/m1/s1. The van der Waals surface area contributed by atoms with Crippen LogP contribution in [0.3, 0.4) is 0 Å². The predicted octanol–water partition coefficient (Wildman–Crippen LogP) is 1.95. The van der Waals surface area contributed by atoms with Gasteiger partial charge >= 0.3 is 0 Å². The molecule has 0 aromatic heterocycles. The first kappa shape index (κ1) is 12.7. The smallest absolute Gasteiger partial charge is 0.243 e. The van der Waals surface area contributed by atoms with Crippen LogP contribution in [0.2, 0.25) is 0 Å². The molecular formula is C13H20N2O. The van der Waals surface area contributed by atoms with Crippen molar-refractivity contribution in [3.63, 3.8) is 0 Å². The van der Waals surface area contributed by atoms with E-state index in [4.69, 9.17) is 5.73 Å². The Bertz CT molecular complexity index is 345. The number of nitrogens with two attached hydrogens (primary N) is 1. The summed E-state index contributed by atoms with van der Waals surface area (Å²) in [6.45, 7) is 4.02. The summed E-state index contributed by atoms with van der Waals surface area (Å²) in [5.74, 6) is -0.0354. The second-order valence-electron chi connectivity index (χ2n) is 3.93. The third-order valence-corrected chi connectivity index (χ3v) is 2.82. The van der Waals surface area contributed by atoms with Crippen LogP contribution >= 0.6 is 0 Å². The van der Waals surface area contributed by atoms with Crippen molar-refractivity contribution < 1.29 is 4.79 Å². The summed E-state index contributed by atoms with van der Waals surface area (Å²) in [4.78, 5) is 13.4. The third kappa shape index (κ3) is 2.83. The van der Waals surface area contributed by atoms with Crippen LogP contribution in [0.4, 0.5) is 5.69 Å². The summed E-state index contributed by atoms with van der Waals surface area (Å²) < 4.78 is 0. The van der Waals surface area contributed by atoms with Gasteiger partial charge in [-0.2, -0.15) is 0 Å². The van der Waals surface area contributed by atoms with Crippen LogP contribution < -0.4 is 10.6 Å². The summed E-state index contributed by atoms with van der Waals surface area (Å²) in [6.07, 6.45) is 1.67. The first-order valence-electron chi connectivity index (χ1n) is 5.72. The first-order chi connectivity index (χ1) is 7.60. The molecule has 1 aromatic carbocycles. The highest BCUT2D eigenvalue weighted by atomic mass is 16.2. The van der Waals surface area contributed by atoms with Crippen LogP contribution in [0, 0.1) is 0 Å². The minimum absolute atomic E-state index is 0.0354. The molecule has 16 heavy (non-hydrogen) atoms. The zero-order valence-corrected chi connectivity index (χ0v) is 10.2. The van der Waals surface area contributed by atoms with Gasteiger partial charge in [0.25, 0.3) is 0 Å². The van der Waals surface area contributed by atoms with Crippen molar-refractivity contribution >= 4 is 11.6 Å². The number of hydrogen-bond donors (Lipinski definition) is 1. The molecule has 1 aromatic rings. The summed E-state index contributed by atoms with van der Waals surface area (Å²) in [5, 5.41) is 0. The maximum atomic E-state index is 11.8. The molecule has 0 heterocycles. The van der Waals surface area contributed by atoms with Gasteiger partial charge in [-0.25, -0.2) is 0 Å². The number of aryl methyl sites for hydroxylation is 1. The van der Waals surface area contributed by atoms with Gasteiger partial charge in [-0.3, -0.25) is 4.79 Å². The number of carbonyl (C=O) groups is 1. The molecular weight excluding hydrogens is 200 g/mol. The molecule has 0 saturated carbocycles. The van der Waals surface area contributed by atoms with Crippen LogP contribution in [-0.4, -0.2) is 19.0 Å². The maximum absolute atomic E-state index is 11.8. The summed E-state index contributed by atoms with van der Waals surface area (Å²) in [6, 6.07) is 7.58. The van der Waals surface area contributed by atoms with E-state index in [1.54, 1.807) is 11.9 Å². The Hall–Kier alpha value is -1.35. The molecule has 0 bridgehead atoms. The van der Waals surface area contributed by atoms with Crippen LogP contribution in [0.25, 0.3) is 0 Å².